The van der Waals surface area contributed by atoms with Gasteiger partial charge in [-0.2, -0.15) is 0 Å². The molecule has 0 aliphatic heterocycles. The summed E-state index contributed by atoms with van der Waals surface area (Å²) in [6.07, 6.45) is 1.75. The molecule has 1 aromatic heterocycles. The highest BCUT2D eigenvalue weighted by Crippen LogP contribution is 2.20. The first-order valence-electron chi connectivity index (χ1n) is 7.77. The molecule has 3 rings (SSSR count). The largest absolute Gasteiger partial charge is 0.355 e. The van der Waals surface area contributed by atoms with Crippen LogP contribution in [0.2, 0.25) is 0 Å². The zero-order chi connectivity index (χ0) is 16.8. The Morgan fingerprint density at radius 1 is 1.08 bits per heavy atom. The molecule has 4 nitrogen and oxygen atoms in total. The van der Waals surface area contributed by atoms with E-state index in [2.05, 4.69) is 22.6 Å². The van der Waals surface area contributed by atoms with Gasteiger partial charge < -0.3 is 9.84 Å². The summed E-state index contributed by atoms with van der Waals surface area (Å²) in [5.74, 6) is -0.167. The van der Waals surface area contributed by atoms with Crippen molar-refractivity contribution in [3.63, 3.8) is 0 Å². The van der Waals surface area contributed by atoms with Gasteiger partial charge in [-0.3, -0.25) is 4.79 Å². The second-order valence-corrected chi connectivity index (χ2v) is 5.43. The van der Waals surface area contributed by atoms with Gasteiger partial charge in [0, 0.05) is 18.2 Å². The molecule has 0 unspecified atom stereocenters. The molecule has 0 aliphatic rings. The predicted molar refractivity (Wildman–Crippen MR) is 89.0 cm³/mol. The first kappa shape index (κ1) is 15.9. The van der Waals surface area contributed by atoms with Crippen LogP contribution in [0.5, 0.6) is 0 Å². The van der Waals surface area contributed by atoms with Crippen molar-refractivity contribution in [3.8, 4) is 11.3 Å². The van der Waals surface area contributed by atoms with Gasteiger partial charge in [-0.1, -0.05) is 35.5 Å². The maximum atomic E-state index is 12.9. The number of hydrogen-bond donors (Lipinski definition) is 1. The van der Waals surface area contributed by atoms with E-state index in [4.69, 9.17) is 4.52 Å². The summed E-state index contributed by atoms with van der Waals surface area (Å²) >= 11 is 0. The molecule has 0 fully saturated rings. The molecule has 0 radical (unpaired) electrons. The van der Waals surface area contributed by atoms with Crippen LogP contribution in [0.15, 0.2) is 65.2 Å². The van der Waals surface area contributed by atoms with Crippen molar-refractivity contribution in [1.29, 1.82) is 0 Å². The molecule has 5 heteroatoms. The van der Waals surface area contributed by atoms with E-state index in [-0.39, 0.29) is 17.4 Å². The lowest BCUT2D eigenvalue weighted by molar-refractivity contribution is 0.0944. The summed E-state index contributed by atoms with van der Waals surface area (Å²) in [5, 5.41) is 6.59. The van der Waals surface area contributed by atoms with Crippen molar-refractivity contribution in [1.82, 2.24) is 10.5 Å². The van der Waals surface area contributed by atoms with Gasteiger partial charge in [0.25, 0.3) is 5.91 Å². The fraction of sp³-hybridized carbons (Fsp3) is 0.158. The maximum absolute atomic E-state index is 12.9. The van der Waals surface area contributed by atoms with Crippen LogP contribution in [0.3, 0.4) is 0 Å². The van der Waals surface area contributed by atoms with Crippen molar-refractivity contribution in [2.24, 2.45) is 0 Å². The van der Waals surface area contributed by atoms with Crippen molar-refractivity contribution in [3.05, 3.63) is 77.7 Å². The van der Waals surface area contributed by atoms with Gasteiger partial charge in [-0.05, 0) is 42.7 Å². The fourth-order valence-corrected chi connectivity index (χ4v) is 2.36. The lowest BCUT2D eigenvalue weighted by Crippen LogP contribution is -2.25. The lowest BCUT2D eigenvalue weighted by atomic mass is 10.1. The summed E-state index contributed by atoms with van der Waals surface area (Å²) < 4.78 is 18.1. The van der Waals surface area contributed by atoms with E-state index in [0.717, 1.165) is 12.8 Å². The van der Waals surface area contributed by atoms with Crippen LogP contribution in [0.4, 0.5) is 4.39 Å². The Morgan fingerprint density at radius 3 is 2.58 bits per heavy atom. The average molecular weight is 324 g/mol. The number of nitrogens with zero attached hydrogens (tertiary/aromatic N) is 1. The summed E-state index contributed by atoms with van der Waals surface area (Å²) in [4.78, 5) is 12.1. The third-order valence-electron chi connectivity index (χ3n) is 3.64. The van der Waals surface area contributed by atoms with E-state index in [1.165, 1.54) is 17.7 Å². The topological polar surface area (TPSA) is 55.1 Å². The number of carbonyl (C=O) groups excluding carboxylic acids is 1. The van der Waals surface area contributed by atoms with Crippen molar-refractivity contribution in [2.45, 2.75) is 12.8 Å². The maximum Gasteiger partial charge on any atom is 0.273 e. The molecule has 0 spiro atoms. The number of nitrogens with one attached hydrogen (secondary N) is 1. The summed E-state index contributed by atoms with van der Waals surface area (Å²) in [6, 6.07) is 17.5. The number of carbonyl (C=O) groups is 1. The van der Waals surface area contributed by atoms with Crippen LogP contribution < -0.4 is 5.32 Å². The van der Waals surface area contributed by atoms with Gasteiger partial charge in [0.05, 0.1) is 0 Å². The quantitative estimate of drug-likeness (QED) is 0.701. The van der Waals surface area contributed by atoms with E-state index in [9.17, 15) is 9.18 Å². The normalized spacial score (nSPS) is 10.5. The number of amides is 1. The summed E-state index contributed by atoms with van der Waals surface area (Å²) in [7, 11) is 0. The fourth-order valence-electron chi connectivity index (χ4n) is 2.36. The van der Waals surface area contributed by atoms with Crippen molar-refractivity contribution in [2.75, 3.05) is 6.54 Å². The smallest absolute Gasteiger partial charge is 0.273 e. The molecule has 1 N–H and O–H groups in total. The molecule has 24 heavy (non-hydrogen) atoms. The van der Waals surface area contributed by atoms with Crippen molar-refractivity contribution < 1.29 is 13.7 Å². The highest BCUT2D eigenvalue weighted by molar-refractivity contribution is 5.93. The van der Waals surface area contributed by atoms with E-state index in [0.29, 0.717) is 17.9 Å². The molecule has 1 heterocycles. The van der Waals surface area contributed by atoms with Crippen molar-refractivity contribution >= 4 is 5.91 Å². The molecule has 0 saturated carbocycles. The Bertz CT molecular complexity index is 798. The zero-order valence-electron chi connectivity index (χ0n) is 13.0. The number of benzene rings is 2. The van der Waals surface area contributed by atoms with E-state index in [1.807, 2.05) is 18.2 Å². The Balaban J connectivity index is 1.51. The average Bonchev–Trinajstić information content (AvgIpc) is 3.10. The summed E-state index contributed by atoms with van der Waals surface area (Å²) in [6.45, 7) is 0.562. The van der Waals surface area contributed by atoms with Crippen LogP contribution in [0.1, 0.15) is 22.5 Å². The van der Waals surface area contributed by atoms with E-state index < -0.39 is 0 Å². The van der Waals surface area contributed by atoms with Gasteiger partial charge in [-0.25, -0.2) is 4.39 Å². The lowest BCUT2D eigenvalue weighted by Gasteiger charge is -2.03. The number of rotatable bonds is 6. The van der Waals surface area contributed by atoms with Crippen LogP contribution in [0.25, 0.3) is 11.3 Å². The molecule has 0 atom stereocenters. The molecular weight excluding hydrogens is 307 g/mol. The monoisotopic (exact) mass is 324 g/mol. The predicted octanol–water partition coefficient (Wildman–Crippen LogP) is 3.84. The van der Waals surface area contributed by atoms with Crippen LogP contribution >= 0.6 is 0 Å². The SMILES string of the molecule is O=C(NCCCc1ccccc1)c1cc(-c2ccc(F)cc2)on1. The van der Waals surface area contributed by atoms with E-state index in [1.54, 1.807) is 18.2 Å². The highest BCUT2D eigenvalue weighted by Gasteiger charge is 2.13. The van der Waals surface area contributed by atoms with Crippen LogP contribution in [-0.4, -0.2) is 17.6 Å². The van der Waals surface area contributed by atoms with Gasteiger partial charge in [-0.15, -0.1) is 0 Å². The third-order valence-corrected chi connectivity index (χ3v) is 3.64. The Labute approximate surface area is 139 Å². The minimum Gasteiger partial charge on any atom is -0.355 e. The Hall–Kier alpha value is -2.95. The zero-order valence-corrected chi connectivity index (χ0v) is 13.0. The first-order valence-corrected chi connectivity index (χ1v) is 7.77. The number of aryl methyl sites for hydroxylation is 1. The molecule has 3 aromatic rings. The van der Waals surface area contributed by atoms with Crippen LogP contribution in [0, 0.1) is 5.82 Å². The Morgan fingerprint density at radius 2 is 1.83 bits per heavy atom. The molecule has 2 aromatic carbocycles. The second-order valence-electron chi connectivity index (χ2n) is 5.43. The standard InChI is InChI=1S/C19H17FN2O2/c20-16-10-8-15(9-11-16)18-13-17(22-24-18)19(23)21-12-4-7-14-5-2-1-3-6-14/h1-3,5-6,8-11,13H,4,7,12H2,(H,21,23). The minimum atomic E-state index is -0.324. The van der Waals surface area contributed by atoms with Gasteiger partial charge in [0.2, 0.25) is 0 Å². The number of hydrogen-bond acceptors (Lipinski definition) is 3. The molecule has 0 bridgehead atoms. The van der Waals surface area contributed by atoms with Gasteiger partial charge in [0.15, 0.2) is 11.5 Å². The molecular formula is C19H17FN2O2. The van der Waals surface area contributed by atoms with Crippen LogP contribution in [-0.2, 0) is 6.42 Å². The molecule has 0 aliphatic carbocycles. The Kier molecular flexibility index (Phi) is 5.01. The molecule has 122 valence electrons. The van der Waals surface area contributed by atoms with Gasteiger partial charge in [0.1, 0.15) is 5.82 Å². The summed E-state index contributed by atoms with van der Waals surface area (Å²) in [5.41, 5.74) is 2.13. The molecule has 0 saturated heterocycles. The minimum absolute atomic E-state index is 0.217. The number of halogens is 1. The van der Waals surface area contributed by atoms with E-state index >= 15 is 0 Å². The number of aromatic nitrogens is 1. The first-order chi connectivity index (χ1) is 11.7. The van der Waals surface area contributed by atoms with Gasteiger partial charge >= 0.3 is 0 Å². The highest BCUT2D eigenvalue weighted by atomic mass is 19.1. The third kappa shape index (κ3) is 4.07. The molecule has 1 amide bonds. The second kappa shape index (κ2) is 7.55.